The van der Waals surface area contributed by atoms with E-state index in [-0.39, 0.29) is 29.7 Å². The van der Waals surface area contributed by atoms with Crippen LogP contribution in [0.1, 0.15) is 46.4 Å². The number of carbonyl (C=O) groups excluding carboxylic acids is 3. The lowest BCUT2D eigenvalue weighted by Gasteiger charge is -2.35. The molecule has 35 heavy (non-hydrogen) atoms. The number of carbonyl (C=O) groups is 3. The topological polar surface area (TPSA) is 82.6 Å². The second-order valence-electron chi connectivity index (χ2n) is 9.43. The van der Waals surface area contributed by atoms with Gasteiger partial charge in [-0.25, -0.2) is 0 Å². The highest BCUT2D eigenvalue weighted by molar-refractivity contribution is 6.07. The first-order valence-corrected chi connectivity index (χ1v) is 12.4. The summed E-state index contributed by atoms with van der Waals surface area (Å²) in [5, 5.41) is 5.18. The number of nitrogens with zero attached hydrogens (tertiary/aromatic N) is 3. The average Bonchev–Trinajstić information content (AvgIpc) is 2.93. The first kappa shape index (κ1) is 23.0. The molecular weight excluding hydrogens is 440 g/mol. The highest BCUT2D eigenvalue weighted by Gasteiger charge is 2.31. The number of nitrogens with one attached hydrogen (secondary N) is 1. The molecule has 2 fully saturated rings. The van der Waals surface area contributed by atoms with E-state index >= 15 is 0 Å². The molecule has 3 aromatic rings. The number of piperidine rings is 2. The number of benzene rings is 2. The van der Waals surface area contributed by atoms with Crippen molar-refractivity contribution in [2.75, 3.05) is 26.2 Å². The largest absolute Gasteiger partial charge is 0.353 e. The Morgan fingerprint density at radius 2 is 1.54 bits per heavy atom. The Bertz CT molecular complexity index is 1220. The summed E-state index contributed by atoms with van der Waals surface area (Å²) in [5.41, 5.74) is 1.33. The number of likely N-dealkylation sites (tertiary alicyclic amines) is 2. The molecule has 0 spiro atoms. The summed E-state index contributed by atoms with van der Waals surface area (Å²) in [6.07, 6.45) is 6.30. The zero-order valence-corrected chi connectivity index (χ0v) is 19.7. The Morgan fingerprint density at radius 3 is 2.34 bits per heavy atom. The number of amides is 3. The van der Waals surface area contributed by atoms with Crippen LogP contribution >= 0.6 is 0 Å². The zero-order chi connectivity index (χ0) is 24.2. The molecule has 180 valence electrons. The van der Waals surface area contributed by atoms with E-state index in [9.17, 15) is 14.4 Å². The fraction of sp³-hybridized carbons (Fsp3) is 0.357. The van der Waals surface area contributed by atoms with E-state index in [0.29, 0.717) is 37.3 Å². The minimum absolute atomic E-state index is 0.00653. The van der Waals surface area contributed by atoms with Gasteiger partial charge < -0.3 is 15.1 Å². The van der Waals surface area contributed by atoms with E-state index in [4.69, 9.17) is 0 Å². The molecule has 0 radical (unpaired) electrons. The third kappa shape index (κ3) is 5.04. The summed E-state index contributed by atoms with van der Waals surface area (Å²) in [6.45, 7) is 2.33. The third-order valence-corrected chi connectivity index (χ3v) is 7.16. The second kappa shape index (κ2) is 10.3. The Morgan fingerprint density at radius 1 is 0.800 bits per heavy atom. The molecule has 2 aliphatic rings. The van der Waals surface area contributed by atoms with Crippen molar-refractivity contribution < 1.29 is 14.4 Å². The van der Waals surface area contributed by atoms with Gasteiger partial charge in [-0.2, -0.15) is 0 Å². The third-order valence-electron chi connectivity index (χ3n) is 7.16. The SMILES string of the molecule is O=C(NC1CCN(C(=O)c2ccncc2)CC1)C1CCCN(C(=O)c2cccc3ccccc23)C1. The van der Waals surface area contributed by atoms with Crippen molar-refractivity contribution in [2.45, 2.75) is 31.7 Å². The molecule has 2 saturated heterocycles. The minimum atomic E-state index is -0.209. The van der Waals surface area contributed by atoms with Crippen molar-refractivity contribution in [1.29, 1.82) is 0 Å². The minimum Gasteiger partial charge on any atom is -0.353 e. The van der Waals surface area contributed by atoms with E-state index in [0.717, 1.165) is 36.5 Å². The van der Waals surface area contributed by atoms with Crippen LogP contribution in [-0.4, -0.2) is 64.7 Å². The molecule has 0 aliphatic carbocycles. The van der Waals surface area contributed by atoms with Crippen LogP contribution in [0.5, 0.6) is 0 Å². The molecule has 3 heterocycles. The lowest BCUT2D eigenvalue weighted by atomic mass is 9.94. The van der Waals surface area contributed by atoms with E-state index in [1.54, 1.807) is 24.5 Å². The van der Waals surface area contributed by atoms with Gasteiger partial charge in [0, 0.05) is 55.7 Å². The lowest BCUT2D eigenvalue weighted by molar-refractivity contribution is -0.127. The van der Waals surface area contributed by atoms with E-state index in [1.807, 2.05) is 52.3 Å². The van der Waals surface area contributed by atoms with Gasteiger partial charge in [-0.05, 0) is 54.7 Å². The molecule has 1 atom stereocenters. The molecule has 7 heteroatoms. The van der Waals surface area contributed by atoms with Crippen LogP contribution in [-0.2, 0) is 4.79 Å². The summed E-state index contributed by atoms with van der Waals surface area (Å²) in [7, 11) is 0. The molecule has 0 saturated carbocycles. The van der Waals surface area contributed by atoms with Crippen LogP contribution in [0.15, 0.2) is 67.0 Å². The Hall–Kier alpha value is -3.74. The maximum Gasteiger partial charge on any atom is 0.254 e. The fourth-order valence-corrected chi connectivity index (χ4v) is 5.18. The summed E-state index contributed by atoms with van der Waals surface area (Å²) >= 11 is 0. The van der Waals surface area contributed by atoms with Crippen molar-refractivity contribution in [3.05, 3.63) is 78.1 Å². The number of aromatic nitrogens is 1. The molecule has 2 aromatic carbocycles. The van der Waals surface area contributed by atoms with Crippen LogP contribution < -0.4 is 5.32 Å². The number of fused-ring (bicyclic) bond motifs is 1. The van der Waals surface area contributed by atoms with Gasteiger partial charge in [0.25, 0.3) is 11.8 Å². The Kier molecular flexibility index (Phi) is 6.75. The summed E-state index contributed by atoms with van der Waals surface area (Å²) in [6, 6.07) is 17.2. The second-order valence-corrected chi connectivity index (χ2v) is 9.43. The standard InChI is InChI=1S/C28H30N4O3/c33-26(30-23-12-17-31(18-13-23)27(34)21-10-14-29-15-11-21)22-7-4-16-32(19-22)28(35)25-9-3-6-20-5-1-2-8-24(20)25/h1-3,5-6,8-11,14-15,22-23H,4,7,12-13,16-19H2,(H,30,33). The maximum atomic E-state index is 13.3. The highest BCUT2D eigenvalue weighted by atomic mass is 16.2. The molecule has 2 aliphatic heterocycles. The fourth-order valence-electron chi connectivity index (χ4n) is 5.18. The van der Waals surface area contributed by atoms with E-state index in [2.05, 4.69) is 10.3 Å². The quantitative estimate of drug-likeness (QED) is 0.633. The van der Waals surface area contributed by atoms with Gasteiger partial charge in [0.1, 0.15) is 0 Å². The maximum absolute atomic E-state index is 13.3. The van der Waals surface area contributed by atoms with Gasteiger partial charge in [0.05, 0.1) is 5.92 Å². The van der Waals surface area contributed by atoms with Crippen LogP contribution in [0, 0.1) is 5.92 Å². The van der Waals surface area contributed by atoms with E-state index < -0.39 is 0 Å². The number of hydrogen-bond acceptors (Lipinski definition) is 4. The van der Waals surface area contributed by atoms with Gasteiger partial charge in [-0.15, -0.1) is 0 Å². The Labute approximate surface area is 205 Å². The predicted octanol–water partition coefficient (Wildman–Crippen LogP) is 3.51. The number of hydrogen-bond donors (Lipinski definition) is 1. The first-order chi connectivity index (χ1) is 17.1. The monoisotopic (exact) mass is 470 g/mol. The van der Waals surface area contributed by atoms with Gasteiger partial charge in [0.2, 0.25) is 5.91 Å². The average molecular weight is 471 g/mol. The predicted molar refractivity (Wildman–Crippen MR) is 134 cm³/mol. The van der Waals surface area contributed by atoms with Crippen LogP contribution in [0.4, 0.5) is 0 Å². The van der Waals surface area contributed by atoms with Crippen molar-refractivity contribution >= 4 is 28.5 Å². The molecule has 3 amide bonds. The molecule has 1 unspecified atom stereocenters. The molecule has 7 nitrogen and oxygen atoms in total. The van der Waals surface area contributed by atoms with Gasteiger partial charge in [-0.1, -0.05) is 36.4 Å². The van der Waals surface area contributed by atoms with Crippen molar-refractivity contribution in [3.63, 3.8) is 0 Å². The summed E-state index contributed by atoms with van der Waals surface area (Å²) in [5.74, 6) is -0.201. The molecular formula is C28H30N4O3. The first-order valence-electron chi connectivity index (χ1n) is 12.4. The smallest absolute Gasteiger partial charge is 0.254 e. The van der Waals surface area contributed by atoms with E-state index in [1.165, 1.54) is 0 Å². The molecule has 5 rings (SSSR count). The van der Waals surface area contributed by atoms with Crippen molar-refractivity contribution in [1.82, 2.24) is 20.1 Å². The van der Waals surface area contributed by atoms with Crippen LogP contribution in [0.25, 0.3) is 10.8 Å². The van der Waals surface area contributed by atoms with Crippen LogP contribution in [0.2, 0.25) is 0 Å². The summed E-state index contributed by atoms with van der Waals surface area (Å²) in [4.78, 5) is 46.7. The van der Waals surface area contributed by atoms with Crippen molar-refractivity contribution in [2.24, 2.45) is 5.92 Å². The number of pyridine rings is 1. The summed E-state index contributed by atoms with van der Waals surface area (Å²) < 4.78 is 0. The Balaban J connectivity index is 1.16. The highest BCUT2D eigenvalue weighted by Crippen LogP contribution is 2.24. The van der Waals surface area contributed by atoms with Crippen molar-refractivity contribution in [3.8, 4) is 0 Å². The van der Waals surface area contributed by atoms with Gasteiger partial charge >= 0.3 is 0 Å². The molecule has 0 bridgehead atoms. The van der Waals surface area contributed by atoms with Crippen LogP contribution in [0.3, 0.4) is 0 Å². The number of rotatable bonds is 4. The molecule has 1 aromatic heterocycles. The van der Waals surface area contributed by atoms with Gasteiger partial charge in [0.15, 0.2) is 0 Å². The molecule has 1 N–H and O–H groups in total. The normalized spacial score (nSPS) is 18.9. The zero-order valence-electron chi connectivity index (χ0n) is 19.7. The lowest BCUT2D eigenvalue weighted by Crippen LogP contribution is -2.50. The van der Waals surface area contributed by atoms with Gasteiger partial charge in [-0.3, -0.25) is 19.4 Å².